The molecule has 1 N–H and O–H groups in total. The van der Waals surface area contributed by atoms with Crippen LogP contribution in [0.5, 0.6) is 0 Å². The van der Waals surface area contributed by atoms with E-state index in [4.69, 9.17) is 16.8 Å². The molecule has 64 valence electrons. The summed E-state index contributed by atoms with van der Waals surface area (Å²) < 4.78 is 13.2. The molecule has 0 heterocycles. The summed E-state index contributed by atoms with van der Waals surface area (Å²) in [5.41, 5.74) is 0.333. The maximum Gasteiger partial charge on any atom is 0.175 e. The topological polar surface area (TPSA) is 32.6 Å². The van der Waals surface area contributed by atoms with E-state index in [9.17, 15) is 4.39 Å². The smallest absolute Gasteiger partial charge is 0.175 e. The number of oxime groups is 1. The molecule has 1 rings (SSSR count). The van der Waals surface area contributed by atoms with Gasteiger partial charge in [0, 0.05) is 5.56 Å². The molecule has 0 unspecified atom stereocenters. The highest BCUT2D eigenvalue weighted by Gasteiger charge is 2.04. The van der Waals surface area contributed by atoms with Crippen LogP contribution in [-0.4, -0.2) is 10.4 Å². The average molecular weight is 252 g/mol. The highest BCUT2D eigenvalue weighted by molar-refractivity contribution is 9.10. The zero-order valence-corrected chi connectivity index (χ0v) is 8.10. The number of nitrogens with zero attached hydrogens (tertiary/aromatic N) is 1. The highest BCUT2D eigenvalue weighted by Crippen LogP contribution is 2.17. The molecule has 2 nitrogen and oxygen atoms in total. The van der Waals surface area contributed by atoms with Crippen molar-refractivity contribution >= 4 is 32.7 Å². The summed E-state index contributed by atoms with van der Waals surface area (Å²) in [5.74, 6) is -0.450. The number of benzene rings is 1. The molecule has 0 aliphatic rings. The van der Waals surface area contributed by atoms with E-state index in [0.717, 1.165) is 0 Å². The van der Waals surface area contributed by atoms with Gasteiger partial charge in [0.25, 0.3) is 0 Å². The maximum absolute atomic E-state index is 12.8. The van der Waals surface area contributed by atoms with Gasteiger partial charge in [0.2, 0.25) is 0 Å². The molecule has 1 aromatic carbocycles. The van der Waals surface area contributed by atoms with Crippen LogP contribution in [0.4, 0.5) is 4.39 Å². The zero-order chi connectivity index (χ0) is 9.14. The molecule has 0 spiro atoms. The molecule has 12 heavy (non-hydrogen) atoms. The fourth-order valence-electron chi connectivity index (χ4n) is 0.682. The molecule has 0 radical (unpaired) electrons. The van der Waals surface area contributed by atoms with Gasteiger partial charge in [-0.15, -0.1) is 0 Å². The average Bonchev–Trinajstić information content (AvgIpc) is 2.08. The molecule has 0 bridgehead atoms. The van der Waals surface area contributed by atoms with E-state index in [-0.39, 0.29) is 5.17 Å². The Morgan fingerprint density at radius 2 is 2.25 bits per heavy atom. The number of halogens is 3. The third-order valence-corrected chi connectivity index (χ3v) is 2.18. The molecule has 0 fully saturated rings. The first-order valence-corrected chi connectivity index (χ1v) is 4.15. The highest BCUT2D eigenvalue weighted by atomic mass is 79.9. The minimum Gasteiger partial charge on any atom is -0.410 e. The van der Waals surface area contributed by atoms with Crippen LogP contribution in [-0.2, 0) is 0 Å². The van der Waals surface area contributed by atoms with Crippen LogP contribution in [0, 0.1) is 5.82 Å². The third kappa shape index (κ3) is 1.95. The number of hydrogen-bond acceptors (Lipinski definition) is 2. The minimum atomic E-state index is -0.450. The lowest BCUT2D eigenvalue weighted by Gasteiger charge is -1.97. The van der Waals surface area contributed by atoms with E-state index < -0.39 is 5.82 Å². The first-order chi connectivity index (χ1) is 5.65. The Hall–Kier alpha value is -0.610. The minimum absolute atomic E-state index is 0.138. The first-order valence-electron chi connectivity index (χ1n) is 2.98. The van der Waals surface area contributed by atoms with Crippen molar-refractivity contribution < 1.29 is 9.60 Å². The van der Waals surface area contributed by atoms with Gasteiger partial charge in [-0.3, -0.25) is 0 Å². The van der Waals surface area contributed by atoms with Gasteiger partial charge in [-0.05, 0) is 28.1 Å². The van der Waals surface area contributed by atoms with Crippen molar-refractivity contribution in [2.45, 2.75) is 0 Å². The monoisotopic (exact) mass is 251 g/mol. The predicted molar refractivity (Wildman–Crippen MR) is 48.3 cm³/mol. The predicted octanol–water partition coefficient (Wildman–Crippen LogP) is 2.96. The van der Waals surface area contributed by atoms with Crippen molar-refractivity contribution in [2.75, 3.05) is 0 Å². The molecule has 0 aliphatic carbocycles. The summed E-state index contributed by atoms with van der Waals surface area (Å²) >= 11 is 8.41. The summed E-state index contributed by atoms with van der Waals surface area (Å²) in [6.45, 7) is 0. The molecule has 0 amide bonds. The summed E-state index contributed by atoms with van der Waals surface area (Å²) in [7, 11) is 0. The lowest BCUT2D eigenvalue weighted by Crippen LogP contribution is -1.92. The Morgan fingerprint density at radius 3 is 2.75 bits per heavy atom. The van der Waals surface area contributed by atoms with Gasteiger partial charge < -0.3 is 5.21 Å². The molecule has 0 atom stereocenters. The van der Waals surface area contributed by atoms with Gasteiger partial charge in [0.1, 0.15) is 5.82 Å². The van der Waals surface area contributed by atoms with Crippen molar-refractivity contribution in [3.63, 3.8) is 0 Å². The zero-order valence-electron chi connectivity index (χ0n) is 5.76. The lowest BCUT2D eigenvalue weighted by atomic mass is 10.2. The van der Waals surface area contributed by atoms with E-state index in [2.05, 4.69) is 21.1 Å². The Balaban J connectivity index is 3.13. The van der Waals surface area contributed by atoms with Crippen molar-refractivity contribution in [3.8, 4) is 0 Å². The van der Waals surface area contributed by atoms with Crippen LogP contribution in [0.25, 0.3) is 0 Å². The summed E-state index contributed by atoms with van der Waals surface area (Å²) in [4.78, 5) is 0. The summed E-state index contributed by atoms with van der Waals surface area (Å²) in [6, 6.07) is 4.19. The van der Waals surface area contributed by atoms with Gasteiger partial charge in [-0.25, -0.2) is 4.39 Å². The van der Waals surface area contributed by atoms with Gasteiger partial charge >= 0.3 is 0 Å². The summed E-state index contributed by atoms with van der Waals surface area (Å²) in [5, 5.41) is 10.9. The molecule has 0 saturated carbocycles. The molecular weight excluding hydrogens is 248 g/mol. The van der Waals surface area contributed by atoms with Gasteiger partial charge in [-0.1, -0.05) is 22.8 Å². The normalized spacial score (nSPS) is 11.8. The van der Waals surface area contributed by atoms with Gasteiger partial charge in [0.05, 0.1) is 4.47 Å². The second-order valence-electron chi connectivity index (χ2n) is 2.02. The van der Waals surface area contributed by atoms with E-state index in [1.54, 1.807) is 0 Å². The Labute approximate surface area is 81.8 Å². The Kier molecular flexibility index (Phi) is 3.05. The van der Waals surface area contributed by atoms with E-state index >= 15 is 0 Å². The molecular formula is C7H4BrClFNO. The van der Waals surface area contributed by atoms with Crippen LogP contribution >= 0.6 is 27.5 Å². The van der Waals surface area contributed by atoms with Crippen LogP contribution in [0.2, 0.25) is 0 Å². The van der Waals surface area contributed by atoms with Crippen LogP contribution < -0.4 is 0 Å². The summed E-state index contributed by atoms with van der Waals surface area (Å²) in [6.07, 6.45) is 0. The SMILES string of the molecule is O/N=C(\Cl)c1ccc(Br)c(F)c1. The van der Waals surface area contributed by atoms with Crippen molar-refractivity contribution in [2.24, 2.45) is 5.16 Å². The van der Waals surface area contributed by atoms with Gasteiger partial charge in [0.15, 0.2) is 5.17 Å². The largest absolute Gasteiger partial charge is 0.410 e. The van der Waals surface area contributed by atoms with E-state index in [0.29, 0.717) is 10.0 Å². The van der Waals surface area contributed by atoms with E-state index in [1.807, 2.05) is 0 Å². The Morgan fingerprint density at radius 1 is 1.58 bits per heavy atom. The van der Waals surface area contributed by atoms with Crippen LogP contribution in [0.15, 0.2) is 27.8 Å². The molecule has 0 saturated heterocycles. The van der Waals surface area contributed by atoms with Crippen molar-refractivity contribution in [1.29, 1.82) is 0 Å². The fourth-order valence-corrected chi connectivity index (χ4v) is 1.05. The quantitative estimate of drug-likeness (QED) is 0.465. The molecule has 5 heteroatoms. The van der Waals surface area contributed by atoms with Crippen molar-refractivity contribution in [3.05, 3.63) is 34.1 Å². The number of rotatable bonds is 1. The fraction of sp³-hybridized carbons (Fsp3) is 0. The van der Waals surface area contributed by atoms with E-state index in [1.165, 1.54) is 18.2 Å². The third-order valence-electron chi connectivity index (χ3n) is 1.25. The lowest BCUT2D eigenvalue weighted by molar-refractivity contribution is 0.321. The molecule has 1 aromatic rings. The molecule has 0 aliphatic heterocycles. The van der Waals surface area contributed by atoms with Gasteiger partial charge in [-0.2, -0.15) is 0 Å². The maximum atomic E-state index is 12.8. The first kappa shape index (κ1) is 9.48. The standard InChI is InChI=1S/C7H4BrClFNO/c8-5-2-1-4(3-6(5)10)7(9)11-12/h1-3,12H/b11-7-. The molecule has 0 aromatic heterocycles. The second-order valence-corrected chi connectivity index (χ2v) is 3.23. The second kappa shape index (κ2) is 3.87. The number of hydrogen-bond donors (Lipinski definition) is 1. The van der Waals surface area contributed by atoms with Crippen molar-refractivity contribution in [1.82, 2.24) is 0 Å². The van der Waals surface area contributed by atoms with Crippen LogP contribution in [0.3, 0.4) is 0 Å². The van der Waals surface area contributed by atoms with Crippen LogP contribution in [0.1, 0.15) is 5.56 Å². The Bertz CT molecular complexity index is 329.